The lowest BCUT2D eigenvalue weighted by Gasteiger charge is -2.39. The van der Waals surface area contributed by atoms with Crippen LogP contribution in [-0.4, -0.2) is 57.7 Å². The van der Waals surface area contributed by atoms with Crippen molar-refractivity contribution in [3.05, 3.63) is 89.5 Å². The van der Waals surface area contributed by atoms with Gasteiger partial charge in [-0.3, -0.25) is 9.80 Å². The Labute approximate surface area is 207 Å². The Bertz CT molecular complexity index is 1240. The zero-order chi connectivity index (χ0) is 24.3. The first-order valence-electron chi connectivity index (χ1n) is 11.9. The molecule has 0 saturated carbocycles. The molecule has 1 saturated heterocycles. The molecule has 0 unspecified atom stereocenters. The molecule has 0 spiro atoms. The van der Waals surface area contributed by atoms with E-state index in [4.69, 9.17) is 9.47 Å². The summed E-state index contributed by atoms with van der Waals surface area (Å²) < 4.78 is 39.7. The third kappa shape index (κ3) is 5.67. The largest absolute Gasteiger partial charge is 0.454 e. The molecule has 184 valence electrons. The van der Waals surface area contributed by atoms with E-state index in [9.17, 15) is 8.42 Å². The molecule has 3 aromatic rings. The first-order valence-corrected chi connectivity index (χ1v) is 13.4. The molecule has 0 radical (unpaired) electrons. The van der Waals surface area contributed by atoms with Crippen LogP contribution in [0.1, 0.15) is 22.7 Å². The van der Waals surface area contributed by atoms with Crippen LogP contribution in [0, 0.1) is 6.92 Å². The second-order valence-electron chi connectivity index (χ2n) is 9.09. The minimum Gasteiger partial charge on any atom is -0.454 e. The Balaban J connectivity index is 1.24. The van der Waals surface area contributed by atoms with E-state index in [2.05, 4.69) is 38.8 Å². The molecule has 1 atom stereocenters. The van der Waals surface area contributed by atoms with Gasteiger partial charge in [0.25, 0.3) is 0 Å². The van der Waals surface area contributed by atoms with Crippen LogP contribution in [0.5, 0.6) is 11.5 Å². The molecule has 0 aliphatic carbocycles. The Hall–Kier alpha value is -2.91. The van der Waals surface area contributed by atoms with Crippen molar-refractivity contribution in [2.24, 2.45) is 0 Å². The van der Waals surface area contributed by atoms with Crippen molar-refractivity contribution in [1.82, 2.24) is 14.5 Å². The van der Waals surface area contributed by atoms with E-state index in [0.29, 0.717) is 11.4 Å². The Morgan fingerprint density at radius 2 is 1.60 bits per heavy atom. The summed E-state index contributed by atoms with van der Waals surface area (Å²) in [6.07, 6.45) is 0. The lowest BCUT2D eigenvalue weighted by molar-refractivity contribution is 0.0927. The fraction of sp³-hybridized carbons (Fsp3) is 0.333. The number of aryl methyl sites for hydroxylation is 1. The maximum atomic E-state index is 12.9. The van der Waals surface area contributed by atoms with Crippen molar-refractivity contribution >= 4 is 10.0 Å². The maximum absolute atomic E-state index is 12.9. The van der Waals surface area contributed by atoms with Crippen molar-refractivity contribution in [3.8, 4) is 11.5 Å². The Morgan fingerprint density at radius 1 is 0.886 bits per heavy atom. The van der Waals surface area contributed by atoms with Crippen LogP contribution in [0.25, 0.3) is 0 Å². The van der Waals surface area contributed by atoms with E-state index in [1.54, 1.807) is 12.1 Å². The van der Waals surface area contributed by atoms with Gasteiger partial charge in [0.05, 0.1) is 4.90 Å². The van der Waals surface area contributed by atoms with Crippen molar-refractivity contribution in [1.29, 1.82) is 0 Å². The second kappa shape index (κ2) is 10.4. The molecule has 3 aromatic carbocycles. The van der Waals surface area contributed by atoms with Crippen molar-refractivity contribution in [2.75, 3.05) is 39.5 Å². The quantitative estimate of drug-likeness (QED) is 0.518. The number of ether oxygens (including phenoxy) is 2. The maximum Gasteiger partial charge on any atom is 0.240 e. The number of benzene rings is 3. The molecule has 2 heterocycles. The molecule has 8 heteroatoms. The van der Waals surface area contributed by atoms with Gasteiger partial charge in [0, 0.05) is 45.3 Å². The molecule has 1 fully saturated rings. The van der Waals surface area contributed by atoms with Gasteiger partial charge in [-0.25, -0.2) is 13.1 Å². The zero-order valence-electron chi connectivity index (χ0n) is 19.9. The highest BCUT2D eigenvalue weighted by molar-refractivity contribution is 7.89. The van der Waals surface area contributed by atoms with Crippen LogP contribution >= 0.6 is 0 Å². The Morgan fingerprint density at radius 3 is 2.34 bits per heavy atom. The number of nitrogens with one attached hydrogen (secondary N) is 1. The second-order valence-corrected chi connectivity index (χ2v) is 10.9. The van der Waals surface area contributed by atoms with Crippen LogP contribution in [0.4, 0.5) is 0 Å². The van der Waals surface area contributed by atoms with Crippen molar-refractivity contribution in [2.45, 2.75) is 24.4 Å². The van der Waals surface area contributed by atoms with E-state index >= 15 is 0 Å². The highest BCUT2D eigenvalue weighted by Crippen LogP contribution is 2.33. The van der Waals surface area contributed by atoms with Gasteiger partial charge in [-0.15, -0.1) is 0 Å². The average molecular weight is 494 g/mol. The third-order valence-corrected chi connectivity index (χ3v) is 8.11. The summed E-state index contributed by atoms with van der Waals surface area (Å²) in [4.78, 5) is 5.10. The molecule has 2 aliphatic rings. The van der Waals surface area contributed by atoms with Gasteiger partial charge in [0.15, 0.2) is 11.5 Å². The van der Waals surface area contributed by atoms with Gasteiger partial charge < -0.3 is 9.47 Å². The third-order valence-electron chi connectivity index (χ3n) is 6.67. The van der Waals surface area contributed by atoms with E-state index in [0.717, 1.165) is 55.3 Å². The van der Waals surface area contributed by atoms with Gasteiger partial charge >= 0.3 is 0 Å². The molecule has 0 aromatic heterocycles. The summed E-state index contributed by atoms with van der Waals surface area (Å²) in [5.41, 5.74) is 3.35. The summed E-state index contributed by atoms with van der Waals surface area (Å²) in [7, 11) is -3.58. The van der Waals surface area contributed by atoms with Gasteiger partial charge in [0.2, 0.25) is 16.8 Å². The average Bonchev–Trinajstić information content (AvgIpc) is 3.34. The molecule has 0 bridgehead atoms. The van der Waals surface area contributed by atoms with Gasteiger partial charge in [-0.05, 0) is 42.3 Å². The normalized spacial score (nSPS) is 17.4. The minimum atomic E-state index is -3.58. The van der Waals surface area contributed by atoms with Gasteiger partial charge in [0.1, 0.15) is 0 Å². The number of rotatable bonds is 8. The highest BCUT2D eigenvalue weighted by atomic mass is 32.2. The molecular formula is C27H31N3O4S. The van der Waals surface area contributed by atoms with Crippen LogP contribution in [-0.2, 0) is 16.6 Å². The van der Waals surface area contributed by atoms with Crippen LogP contribution in [0.3, 0.4) is 0 Å². The predicted molar refractivity (Wildman–Crippen MR) is 135 cm³/mol. The van der Waals surface area contributed by atoms with E-state index in [1.807, 2.05) is 43.3 Å². The van der Waals surface area contributed by atoms with Gasteiger partial charge in [-0.1, -0.05) is 54.1 Å². The number of sulfonamides is 1. The van der Waals surface area contributed by atoms with E-state index in [1.165, 1.54) is 5.56 Å². The lowest BCUT2D eigenvalue weighted by atomic mass is 10.0. The van der Waals surface area contributed by atoms with Crippen molar-refractivity contribution < 1.29 is 17.9 Å². The number of hydrogen-bond acceptors (Lipinski definition) is 6. The molecule has 1 N–H and O–H groups in total. The number of hydrogen-bond donors (Lipinski definition) is 1. The first kappa shape index (κ1) is 23.8. The first-order chi connectivity index (χ1) is 17.0. The molecular weight excluding hydrogens is 462 g/mol. The Kier molecular flexibility index (Phi) is 7.06. The number of piperazine rings is 1. The standard InChI is InChI=1S/C27H31N3O4S/c1-21-7-10-24(11-8-21)35(31,32)28-18-25(23-5-3-2-4-6-23)30-15-13-29(14-16-30)19-22-9-12-26-27(17-22)34-20-33-26/h2-12,17,25,28H,13-16,18-20H2,1H3/t25-/m0/s1. The number of fused-ring (bicyclic) bond motifs is 1. The SMILES string of the molecule is Cc1ccc(S(=O)(=O)NC[C@@H](c2ccccc2)N2CCN(Cc3ccc4c(c3)OCO4)CC2)cc1. The summed E-state index contributed by atoms with van der Waals surface area (Å²) in [5.74, 6) is 1.61. The summed E-state index contributed by atoms with van der Waals surface area (Å²) in [5, 5.41) is 0. The van der Waals surface area contributed by atoms with Gasteiger partial charge in [-0.2, -0.15) is 0 Å². The fourth-order valence-electron chi connectivity index (χ4n) is 4.65. The van der Waals surface area contributed by atoms with Crippen LogP contribution in [0.15, 0.2) is 77.7 Å². The smallest absolute Gasteiger partial charge is 0.240 e. The van der Waals surface area contributed by atoms with Crippen molar-refractivity contribution in [3.63, 3.8) is 0 Å². The summed E-state index contributed by atoms with van der Waals surface area (Å²) in [6, 6.07) is 23.2. The minimum absolute atomic E-state index is 0.0379. The topological polar surface area (TPSA) is 71.1 Å². The lowest BCUT2D eigenvalue weighted by Crippen LogP contribution is -2.49. The number of nitrogens with zero attached hydrogens (tertiary/aromatic N) is 2. The molecule has 5 rings (SSSR count). The monoisotopic (exact) mass is 493 g/mol. The zero-order valence-corrected chi connectivity index (χ0v) is 20.7. The summed E-state index contributed by atoms with van der Waals surface area (Å²) >= 11 is 0. The van der Waals surface area contributed by atoms with Crippen LogP contribution in [0.2, 0.25) is 0 Å². The summed E-state index contributed by atoms with van der Waals surface area (Å²) in [6.45, 7) is 6.92. The molecule has 35 heavy (non-hydrogen) atoms. The fourth-order valence-corrected chi connectivity index (χ4v) is 5.69. The van der Waals surface area contributed by atoms with E-state index in [-0.39, 0.29) is 12.8 Å². The molecule has 2 aliphatic heterocycles. The molecule has 0 amide bonds. The molecule has 7 nitrogen and oxygen atoms in total. The van der Waals surface area contributed by atoms with Crippen LogP contribution < -0.4 is 14.2 Å². The van der Waals surface area contributed by atoms with E-state index < -0.39 is 10.0 Å². The predicted octanol–water partition coefficient (Wildman–Crippen LogP) is 3.56. The highest BCUT2D eigenvalue weighted by Gasteiger charge is 2.27.